The van der Waals surface area contributed by atoms with Crippen LogP contribution in [0.1, 0.15) is 19.4 Å². The van der Waals surface area contributed by atoms with Crippen molar-refractivity contribution in [1.29, 1.82) is 0 Å². The summed E-state index contributed by atoms with van der Waals surface area (Å²) in [6.45, 7) is 13.9. The van der Waals surface area contributed by atoms with Gasteiger partial charge in [-0.2, -0.15) is 0 Å². The summed E-state index contributed by atoms with van der Waals surface area (Å²) in [6.07, 6.45) is 0. The predicted octanol–water partition coefficient (Wildman–Crippen LogP) is 4.37. The normalized spacial score (nSPS) is 12.0. The Morgan fingerprint density at radius 2 is 1.76 bits per heavy atom. The van der Waals surface area contributed by atoms with Crippen LogP contribution in [-0.2, 0) is 11.3 Å². The number of anilines is 2. The Labute approximate surface area is 126 Å². The van der Waals surface area contributed by atoms with E-state index in [0.717, 1.165) is 11.4 Å². The first-order valence-electron chi connectivity index (χ1n) is 7.25. The molecule has 21 heavy (non-hydrogen) atoms. The van der Waals surface area contributed by atoms with E-state index in [2.05, 4.69) is 35.2 Å². The third kappa shape index (κ3) is 3.45. The smallest absolute Gasteiger partial charge is 0.324 e. The van der Waals surface area contributed by atoms with Crippen molar-refractivity contribution in [1.82, 2.24) is 0 Å². The first kappa shape index (κ1) is 15.1. The predicted molar refractivity (Wildman–Crippen MR) is 89.8 cm³/mol. The number of hydrogen-bond donors (Lipinski definition) is 1. The maximum atomic E-state index is 6.93. The highest BCUT2D eigenvalue weighted by Crippen LogP contribution is 2.22. The van der Waals surface area contributed by atoms with Crippen molar-refractivity contribution in [3.63, 3.8) is 0 Å². The van der Waals surface area contributed by atoms with Gasteiger partial charge in [0.1, 0.15) is 0 Å². The van der Waals surface area contributed by atoms with Gasteiger partial charge < -0.3 is 9.97 Å². The SMILES string of the molecule is CC.[C-]#[N+]c1ccc(Nc2ccc3c(c2)COB3C)cc1. The lowest BCUT2D eigenvalue weighted by atomic mass is 9.64. The monoisotopic (exact) mass is 278 g/mol. The van der Waals surface area contributed by atoms with Gasteiger partial charge in [-0.25, -0.2) is 4.85 Å². The van der Waals surface area contributed by atoms with Crippen LogP contribution in [0, 0.1) is 6.57 Å². The van der Waals surface area contributed by atoms with Crippen molar-refractivity contribution in [2.75, 3.05) is 5.32 Å². The van der Waals surface area contributed by atoms with Crippen LogP contribution in [0.2, 0.25) is 6.82 Å². The lowest BCUT2D eigenvalue weighted by Crippen LogP contribution is -2.23. The van der Waals surface area contributed by atoms with E-state index in [1.165, 1.54) is 11.0 Å². The van der Waals surface area contributed by atoms with Gasteiger partial charge >= 0.3 is 6.92 Å². The zero-order valence-corrected chi connectivity index (χ0v) is 12.7. The standard InChI is InChI=1S/C15H13BN2O.C2H6/c1-16-15-8-7-14(9-11(15)10-19-16)18-13-5-3-12(17-2)4-6-13;1-2/h3-9,18H,10H2,1H3;1-2H3. The van der Waals surface area contributed by atoms with Gasteiger partial charge in [0, 0.05) is 11.4 Å². The van der Waals surface area contributed by atoms with Crippen molar-refractivity contribution in [2.45, 2.75) is 27.3 Å². The van der Waals surface area contributed by atoms with E-state index in [9.17, 15) is 0 Å². The molecule has 0 aliphatic carbocycles. The Kier molecular flexibility index (Phi) is 5.02. The van der Waals surface area contributed by atoms with Crippen molar-refractivity contribution < 1.29 is 4.65 Å². The molecule has 0 amide bonds. The Hall–Kier alpha value is -2.25. The Morgan fingerprint density at radius 3 is 2.43 bits per heavy atom. The first-order valence-corrected chi connectivity index (χ1v) is 7.25. The number of rotatable bonds is 2. The van der Waals surface area contributed by atoms with E-state index in [-0.39, 0.29) is 6.92 Å². The summed E-state index contributed by atoms with van der Waals surface area (Å²) in [5, 5.41) is 3.34. The van der Waals surface area contributed by atoms with Crippen LogP contribution in [-0.4, -0.2) is 6.92 Å². The van der Waals surface area contributed by atoms with Crippen molar-refractivity contribution in [3.05, 3.63) is 59.4 Å². The Bertz CT molecular complexity index is 647. The topological polar surface area (TPSA) is 25.6 Å². The second-order valence-corrected chi connectivity index (χ2v) is 4.65. The zero-order chi connectivity index (χ0) is 15.2. The van der Waals surface area contributed by atoms with E-state index >= 15 is 0 Å². The second-order valence-electron chi connectivity index (χ2n) is 4.65. The molecular weight excluding hydrogens is 259 g/mol. The number of nitrogens with one attached hydrogen (secondary N) is 1. The number of hydrogen-bond acceptors (Lipinski definition) is 2. The van der Waals surface area contributed by atoms with Gasteiger partial charge in [-0.1, -0.05) is 38.9 Å². The molecule has 1 aliphatic heterocycles. The third-order valence-corrected chi connectivity index (χ3v) is 3.35. The van der Waals surface area contributed by atoms with Crippen LogP contribution in [0.3, 0.4) is 0 Å². The van der Waals surface area contributed by atoms with Crippen LogP contribution in [0.15, 0.2) is 42.5 Å². The van der Waals surface area contributed by atoms with Crippen LogP contribution in [0.4, 0.5) is 17.1 Å². The summed E-state index contributed by atoms with van der Waals surface area (Å²) < 4.78 is 5.60. The maximum Gasteiger partial charge on any atom is 0.324 e. The molecule has 2 aromatic carbocycles. The maximum absolute atomic E-state index is 6.93. The molecule has 3 nitrogen and oxygen atoms in total. The van der Waals surface area contributed by atoms with Gasteiger partial charge in [-0.15, -0.1) is 0 Å². The zero-order valence-electron chi connectivity index (χ0n) is 12.7. The van der Waals surface area contributed by atoms with Gasteiger partial charge in [-0.05, 0) is 35.3 Å². The molecule has 1 aliphatic rings. The van der Waals surface area contributed by atoms with Crippen molar-refractivity contribution >= 4 is 29.4 Å². The molecular formula is C17H19BN2O. The highest BCUT2D eigenvalue weighted by molar-refractivity contribution is 6.67. The minimum atomic E-state index is 0.196. The molecule has 1 N–H and O–H groups in total. The Morgan fingerprint density at radius 1 is 1.10 bits per heavy atom. The summed E-state index contributed by atoms with van der Waals surface area (Å²) in [5.41, 5.74) is 5.21. The summed E-state index contributed by atoms with van der Waals surface area (Å²) >= 11 is 0. The fraction of sp³-hybridized carbons (Fsp3) is 0.235. The molecule has 0 spiro atoms. The molecule has 0 fully saturated rings. The molecule has 1 heterocycles. The van der Waals surface area contributed by atoms with E-state index in [0.29, 0.717) is 12.3 Å². The van der Waals surface area contributed by atoms with Crippen LogP contribution < -0.4 is 10.8 Å². The molecule has 0 saturated heterocycles. The van der Waals surface area contributed by atoms with Gasteiger partial charge in [0.15, 0.2) is 5.69 Å². The molecule has 0 radical (unpaired) electrons. The van der Waals surface area contributed by atoms with E-state index < -0.39 is 0 Å². The van der Waals surface area contributed by atoms with Gasteiger partial charge in [0.05, 0.1) is 13.2 Å². The molecule has 0 unspecified atom stereocenters. The molecule has 0 aromatic heterocycles. The number of benzene rings is 2. The average Bonchev–Trinajstić information content (AvgIpc) is 2.91. The number of fused-ring (bicyclic) bond motifs is 1. The fourth-order valence-electron chi connectivity index (χ4n) is 2.30. The highest BCUT2D eigenvalue weighted by Gasteiger charge is 2.22. The molecule has 3 rings (SSSR count). The van der Waals surface area contributed by atoms with E-state index in [1.807, 2.05) is 38.1 Å². The summed E-state index contributed by atoms with van der Waals surface area (Å²) in [6, 6.07) is 13.8. The Balaban J connectivity index is 0.000000774. The lowest BCUT2D eigenvalue weighted by Gasteiger charge is -2.08. The van der Waals surface area contributed by atoms with Gasteiger partial charge in [-0.3, -0.25) is 0 Å². The average molecular weight is 278 g/mol. The van der Waals surface area contributed by atoms with Crippen molar-refractivity contribution in [3.8, 4) is 0 Å². The molecule has 4 heteroatoms. The van der Waals surface area contributed by atoms with Gasteiger partial charge in [0.25, 0.3) is 0 Å². The third-order valence-electron chi connectivity index (χ3n) is 3.35. The molecule has 106 valence electrons. The van der Waals surface area contributed by atoms with E-state index in [1.54, 1.807) is 0 Å². The lowest BCUT2D eigenvalue weighted by molar-refractivity contribution is 0.334. The molecule has 0 bridgehead atoms. The van der Waals surface area contributed by atoms with Gasteiger partial charge in [0.2, 0.25) is 0 Å². The van der Waals surface area contributed by atoms with E-state index in [4.69, 9.17) is 11.2 Å². The molecule has 2 aromatic rings. The number of nitrogens with zero attached hydrogens (tertiary/aromatic N) is 1. The molecule has 0 atom stereocenters. The van der Waals surface area contributed by atoms with Crippen LogP contribution >= 0.6 is 0 Å². The summed E-state index contributed by atoms with van der Waals surface area (Å²) in [7, 11) is 0. The van der Waals surface area contributed by atoms with Crippen molar-refractivity contribution in [2.24, 2.45) is 0 Å². The van der Waals surface area contributed by atoms with Crippen LogP contribution in [0.25, 0.3) is 4.85 Å². The quantitative estimate of drug-likeness (QED) is 0.652. The summed E-state index contributed by atoms with van der Waals surface area (Å²) in [5.74, 6) is 0. The minimum Gasteiger partial charge on any atom is -0.427 e. The summed E-state index contributed by atoms with van der Waals surface area (Å²) in [4.78, 5) is 3.38. The minimum absolute atomic E-state index is 0.196. The second kappa shape index (κ2) is 6.96. The first-order chi connectivity index (χ1) is 10.3. The fourth-order valence-corrected chi connectivity index (χ4v) is 2.30. The van der Waals surface area contributed by atoms with Crippen LogP contribution in [0.5, 0.6) is 0 Å². The highest BCUT2D eigenvalue weighted by atomic mass is 16.4. The largest absolute Gasteiger partial charge is 0.427 e. The molecule has 0 saturated carbocycles.